The number of aromatic nitrogens is 3. The quantitative estimate of drug-likeness (QED) is 0.152. The van der Waals surface area contributed by atoms with Gasteiger partial charge in [-0.15, -0.1) is 11.3 Å². The van der Waals surface area contributed by atoms with E-state index in [0.717, 1.165) is 27.3 Å². The van der Waals surface area contributed by atoms with E-state index in [0.29, 0.717) is 10.7 Å². The molecule has 0 spiro atoms. The number of halogens is 2. The van der Waals surface area contributed by atoms with Crippen LogP contribution in [0.15, 0.2) is 73.1 Å². The number of nitrogens with one attached hydrogen (secondary N) is 1. The molecule has 1 N–H and O–H groups in total. The molecule has 5 aromatic rings. The zero-order valence-corrected chi connectivity index (χ0v) is 23.4. The summed E-state index contributed by atoms with van der Waals surface area (Å²) in [6.45, 7) is 1.87. The molecule has 12 heteroatoms. The normalized spacial score (nSPS) is 12.8. The second-order valence-electron chi connectivity index (χ2n) is 8.05. The van der Waals surface area contributed by atoms with Crippen molar-refractivity contribution in [2.45, 2.75) is 6.92 Å². The molecule has 194 valence electrons. The number of ether oxygens (including phenoxy) is 1. The van der Waals surface area contributed by atoms with Crippen LogP contribution in [0.1, 0.15) is 16.6 Å². The second-order valence-corrected chi connectivity index (χ2v) is 12.0. The summed E-state index contributed by atoms with van der Waals surface area (Å²) in [7, 11) is -2.43. The number of benzene rings is 2. The van der Waals surface area contributed by atoms with Crippen LogP contribution < -0.4 is 10.4 Å². The van der Waals surface area contributed by atoms with E-state index in [1.165, 1.54) is 24.5 Å². The van der Waals surface area contributed by atoms with Gasteiger partial charge in [-0.2, -0.15) is 5.10 Å². The van der Waals surface area contributed by atoms with Gasteiger partial charge in [0.2, 0.25) is 0 Å². The molecule has 8 nitrogen and oxygen atoms in total. The Labute approximate surface area is 232 Å². The van der Waals surface area contributed by atoms with Crippen LogP contribution in [0, 0.1) is 0 Å². The molecule has 3 heterocycles. The first-order valence-corrected chi connectivity index (χ1v) is 14.6. The van der Waals surface area contributed by atoms with Crippen LogP contribution in [-0.2, 0) is 13.8 Å². The van der Waals surface area contributed by atoms with Gasteiger partial charge in [0.1, 0.15) is 4.88 Å². The maximum atomic E-state index is 14.0. The van der Waals surface area contributed by atoms with Gasteiger partial charge in [0.25, 0.3) is 0 Å². The van der Waals surface area contributed by atoms with Crippen molar-refractivity contribution < 1.29 is 18.6 Å². The maximum Gasteiger partial charge on any atom is 0.350 e. The molecule has 0 radical (unpaired) electrons. The second kappa shape index (κ2) is 10.9. The lowest BCUT2D eigenvalue weighted by Crippen LogP contribution is -2.16. The Bertz CT molecular complexity index is 1650. The number of methoxy groups -OCH3 is 1. The van der Waals surface area contributed by atoms with Crippen molar-refractivity contribution in [1.82, 2.24) is 14.6 Å². The van der Waals surface area contributed by atoms with Gasteiger partial charge >= 0.3 is 13.5 Å². The first-order chi connectivity index (χ1) is 18.3. The van der Waals surface area contributed by atoms with Gasteiger partial charge in [-0.05, 0) is 42.8 Å². The van der Waals surface area contributed by atoms with Crippen LogP contribution >= 0.6 is 42.1 Å². The van der Waals surface area contributed by atoms with Crippen LogP contribution in [0.25, 0.3) is 27.3 Å². The van der Waals surface area contributed by atoms with Crippen LogP contribution in [-0.4, -0.2) is 34.3 Å². The van der Waals surface area contributed by atoms with E-state index in [1.807, 2.05) is 42.6 Å². The highest BCUT2D eigenvalue weighted by molar-refractivity contribution is 7.68. The van der Waals surface area contributed by atoms with E-state index in [-0.39, 0.29) is 21.8 Å². The Balaban J connectivity index is 1.50. The van der Waals surface area contributed by atoms with Crippen molar-refractivity contribution in [3.8, 4) is 21.7 Å². The molecule has 2 aromatic carbocycles. The molecule has 0 bridgehead atoms. The lowest BCUT2D eigenvalue weighted by molar-refractivity contribution is 0.0607. The number of hydrogen-bond donors (Lipinski definition) is 1. The van der Waals surface area contributed by atoms with Gasteiger partial charge in [-0.3, -0.25) is 4.57 Å². The van der Waals surface area contributed by atoms with Gasteiger partial charge in [0.15, 0.2) is 5.65 Å². The average molecular weight is 587 g/mol. The lowest BCUT2D eigenvalue weighted by atomic mass is 10.1. The molecule has 0 saturated heterocycles. The van der Waals surface area contributed by atoms with Crippen molar-refractivity contribution in [3.05, 3.63) is 88.0 Å². The van der Waals surface area contributed by atoms with E-state index in [9.17, 15) is 9.36 Å². The molecule has 1 atom stereocenters. The molecule has 0 saturated carbocycles. The fraction of sp³-hybridized carbons (Fsp3) is 0.115. The minimum absolute atomic E-state index is 0.147. The minimum atomic E-state index is -3.73. The van der Waals surface area contributed by atoms with Crippen molar-refractivity contribution in [2.24, 2.45) is 0 Å². The smallest absolute Gasteiger partial charge is 0.350 e. The van der Waals surface area contributed by atoms with Crippen LogP contribution in [0.2, 0.25) is 10.0 Å². The number of thiophene rings is 1. The molecule has 5 rings (SSSR count). The molecule has 0 fully saturated rings. The van der Waals surface area contributed by atoms with Gasteiger partial charge < -0.3 is 14.3 Å². The Morgan fingerprint density at radius 3 is 2.55 bits per heavy atom. The third-order valence-corrected chi connectivity index (χ3v) is 9.63. The molecule has 0 aliphatic rings. The minimum Gasteiger partial charge on any atom is -0.465 e. The highest BCUT2D eigenvalue weighted by Gasteiger charge is 2.31. The predicted molar refractivity (Wildman–Crippen MR) is 152 cm³/mol. The van der Waals surface area contributed by atoms with Crippen LogP contribution in [0.3, 0.4) is 0 Å². The Kier molecular flexibility index (Phi) is 7.56. The van der Waals surface area contributed by atoms with E-state index >= 15 is 0 Å². The fourth-order valence-corrected chi connectivity index (χ4v) is 7.51. The standard InChI is InChI=1S/C26H21Cl2N4O4PS/c1-3-36-37(34,22-10-9-18(27)13-19(22)28)31-21-14-23(38-25(21)26(33)35-2)17-7-5-16(6-8-17)20-15-24-29-11-4-12-32(24)30-20/h4-15H,3H2,1-2H3,(H,31,34). The summed E-state index contributed by atoms with van der Waals surface area (Å²) in [5.41, 5.74) is 3.63. The van der Waals surface area contributed by atoms with E-state index in [1.54, 1.807) is 35.8 Å². The van der Waals surface area contributed by atoms with Crippen molar-refractivity contribution >= 4 is 64.7 Å². The molecule has 3 aromatic heterocycles. The summed E-state index contributed by atoms with van der Waals surface area (Å²) in [6.07, 6.45) is 3.56. The fourth-order valence-electron chi connectivity index (χ4n) is 3.86. The summed E-state index contributed by atoms with van der Waals surface area (Å²) in [5.74, 6) is -0.567. The molecular formula is C26H21Cl2N4O4PS. The number of rotatable bonds is 8. The first kappa shape index (κ1) is 26.4. The van der Waals surface area contributed by atoms with E-state index < -0.39 is 13.5 Å². The summed E-state index contributed by atoms with van der Waals surface area (Å²) in [5, 5.41) is 8.35. The Hall–Kier alpha value is -3.20. The molecular weight excluding hydrogens is 566 g/mol. The summed E-state index contributed by atoms with van der Waals surface area (Å²) < 4.78 is 26.4. The zero-order chi connectivity index (χ0) is 26.9. The topological polar surface area (TPSA) is 94.8 Å². The highest BCUT2D eigenvalue weighted by Crippen LogP contribution is 2.50. The lowest BCUT2D eigenvalue weighted by Gasteiger charge is -2.21. The maximum absolute atomic E-state index is 14.0. The van der Waals surface area contributed by atoms with E-state index in [4.69, 9.17) is 32.5 Å². The Morgan fingerprint density at radius 1 is 1.11 bits per heavy atom. The average Bonchev–Trinajstić information content (AvgIpc) is 3.53. The molecule has 0 amide bonds. The highest BCUT2D eigenvalue weighted by atomic mass is 35.5. The first-order valence-electron chi connectivity index (χ1n) is 11.4. The summed E-state index contributed by atoms with van der Waals surface area (Å²) >= 11 is 13.6. The monoisotopic (exact) mass is 586 g/mol. The molecule has 0 aliphatic carbocycles. The third-order valence-electron chi connectivity index (χ3n) is 5.61. The van der Waals surface area contributed by atoms with Crippen LogP contribution in [0.4, 0.5) is 5.69 Å². The number of carbonyl (C=O) groups is 1. The summed E-state index contributed by atoms with van der Waals surface area (Å²) in [4.78, 5) is 18.0. The number of nitrogens with zero attached hydrogens (tertiary/aromatic N) is 3. The predicted octanol–water partition coefficient (Wildman–Crippen LogP) is 7.19. The number of anilines is 1. The van der Waals surface area contributed by atoms with Crippen LogP contribution in [0.5, 0.6) is 0 Å². The number of fused-ring (bicyclic) bond motifs is 1. The summed E-state index contributed by atoms with van der Waals surface area (Å²) in [6, 6.07) is 17.8. The molecule has 38 heavy (non-hydrogen) atoms. The van der Waals surface area contributed by atoms with E-state index in [2.05, 4.69) is 15.2 Å². The Morgan fingerprint density at radius 2 is 1.87 bits per heavy atom. The van der Waals surface area contributed by atoms with Crippen molar-refractivity contribution in [2.75, 3.05) is 18.8 Å². The number of carbonyl (C=O) groups excluding carboxylic acids is 1. The van der Waals surface area contributed by atoms with Gasteiger partial charge in [-0.25, -0.2) is 14.3 Å². The number of hydrogen-bond acceptors (Lipinski definition) is 7. The van der Waals surface area contributed by atoms with Crippen molar-refractivity contribution in [1.29, 1.82) is 0 Å². The molecule has 0 aliphatic heterocycles. The van der Waals surface area contributed by atoms with Gasteiger partial charge in [0, 0.05) is 33.9 Å². The number of esters is 1. The largest absolute Gasteiger partial charge is 0.465 e. The SMILES string of the molecule is CCOP(=O)(Nc1cc(-c2ccc(-c3cc4ncccn4n3)cc2)sc1C(=O)OC)c1ccc(Cl)cc1Cl. The van der Waals surface area contributed by atoms with Crippen molar-refractivity contribution in [3.63, 3.8) is 0 Å². The third kappa shape index (κ3) is 5.21. The zero-order valence-electron chi connectivity index (χ0n) is 20.2. The van der Waals surface area contributed by atoms with Gasteiger partial charge in [-0.1, -0.05) is 47.5 Å². The molecule has 1 unspecified atom stereocenters. The van der Waals surface area contributed by atoms with Gasteiger partial charge in [0.05, 0.1) is 35.4 Å².